The highest BCUT2D eigenvalue weighted by Crippen LogP contribution is 2.41. The van der Waals surface area contributed by atoms with Gasteiger partial charge in [0.2, 0.25) is 0 Å². The van der Waals surface area contributed by atoms with Crippen molar-refractivity contribution in [3.05, 3.63) is 64.7 Å². The third kappa shape index (κ3) is 4.05. The molecule has 2 aromatic rings. The maximum atomic E-state index is 12.5. The van der Waals surface area contributed by atoms with Gasteiger partial charge in [-0.3, -0.25) is 9.69 Å². The number of rotatable bonds is 6. The molecule has 152 valence electrons. The number of carbonyl (C=O) groups is 1. The fourth-order valence-electron chi connectivity index (χ4n) is 4.07. The molecule has 0 saturated carbocycles. The van der Waals surface area contributed by atoms with E-state index < -0.39 is 12.2 Å². The van der Waals surface area contributed by atoms with Crippen LogP contribution in [0.25, 0.3) is 11.3 Å². The van der Waals surface area contributed by atoms with Gasteiger partial charge in [0.25, 0.3) is 5.91 Å². The molecule has 2 aromatic carbocycles. The van der Waals surface area contributed by atoms with Crippen molar-refractivity contribution in [2.24, 2.45) is 0 Å². The first-order valence-corrected chi connectivity index (χ1v) is 9.91. The van der Waals surface area contributed by atoms with E-state index in [0.717, 1.165) is 27.9 Å². The fourth-order valence-corrected chi connectivity index (χ4v) is 4.07. The molecule has 2 aliphatic rings. The molecule has 0 aliphatic carbocycles. The Morgan fingerprint density at radius 1 is 1.07 bits per heavy atom. The molecule has 0 saturated heterocycles. The molecule has 2 heterocycles. The zero-order valence-corrected chi connectivity index (χ0v) is 16.7. The molecule has 4 rings (SSSR count). The van der Waals surface area contributed by atoms with Gasteiger partial charge in [0.1, 0.15) is 12.4 Å². The van der Waals surface area contributed by atoms with Crippen LogP contribution in [0.1, 0.15) is 36.1 Å². The van der Waals surface area contributed by atoms with Gasteiger partial charge < -0.3 is 20.3 Å². The first-order valence-electron chi connectivity index (χ1n) is 9.91. The Bertz CT molecular complexity index is 955. The Balaban J connectivity index is 1.62. The van der Waals surface area contributed by atoms with E-state index in [1.807, 2.05) is 41.3 Å². The molecule has 2 atom stereocenters. The molecule has 3 N–H and O–H groups in total. The summed E-state index contributed by atoms with van der Waals surface area (Å²) in [7, 11) is 0. The highest BCUT2D eigenvalue weighted by atomic mass is 16.5. The van der Waals surface area contributed by atoms with Crippen molar-refractivity contribution in [2.75, 3.05) is 18.4 Å². The standard InChI is InChI=1S/C23H26N2O4/c1-14(26)10-25(11-15(2)27)12-16-7-8-18-17(9-16)13-29-22(18)21-19-5-3-4-6-20(19)24-23(21)28/h3-9,14-15,26-27H,10-13H2,1-2H3,(H,24,28). The van der Waals surface area contributed by atoms with Gasteiger partial charge in [-0.1, -0.05) is 36.4 Å². The predicted octanol–water partition coefficient (Wildman–Crippen LogP) is 2.60. The highest BCUT2D eigenvalue weighted by Gasteiger charge is 2.32. The number of fused-ring (bicyclic) bond motifs is 2. The van der Waals surface area contributed by atoms with Crippen LogP contribution in [0.15, 0.2) is 42.5 Å². The summed E-state index contributed by atoms with van der Waals surface area (Å²) in [5.74, 6) is 0.483. The average molecular weight is 394 g/mol. The minimum Gasteiger partial charge on any atom is -0.487 e. The van der Waals surface area contributed by atoms with Crippen LogP contribution in [-0.2, 0) is 22.7 Å². The minimum atomic E-state index is -0.469. The van der Waals surface area contributed by atoms with E-state index >= 15 is 0 Å². The number of amides is 1. The maximum Gasteiger partial charge on any atom is 0.260 e. The SMILES string of the molecule is CC(O)CN(Cc1ccc2c(c1)COC2=C1C(=O)Nc2ccccc21)CC(C)O. The van der Waals surface area contributed by atoms with Gasteiger partial charge in [0.15, 0.2) is 0 Å². The smallest absolute Gasteiger partial charge is 0.260 e. The van der Waals surface area contributed by atoms with Crippen molar-refractivity contribution in [1.82, 2.24) is 4.90 Å². The number of carbonyl (C=O) groups excluding carboxylic acids is 1. The van der Waals surface area contributed by atoms with Gasteiger partial charge >= 0.3 is 0 Å². The highest BCUT2D eigenvalue weighted by molar-refractivity contribution is 6.36. The zero-order chi connectivity index (χ0) is 20.5. The number of aliphatic hydroxyl groups excluding tert-OH is 2. The van der Waals surface area contributed by atoms with Gasteiger partial charge in [-0.25, -0.2) is 0 Å². The van der Waals surface area contributed by atoms with Crippen molar-refractivity contribution in [1.29, 1.82) is 0 Å². The summed E-state index contributed by atoms with van der Waals surface area (Å²) < 4.78 is 5.95. The van der Waals surface area contributed by atoms with E-state index in [9.17, 15) is 15.0 Å². The molecule has 1 amide bonds. The molecule has 0 radical (unpaired) electrons. The lowest BCUT2D eigenvalue weighted by Crippen LogP contribution is -2.35. The third-order valence-electron chi connectivity index (χ3n) is 5.14. The summed E-state index contributed by atoms with van der Waals surface area (Å²) in [6, 6.07) is 13.7. The van der Waals surface area contributed by atoms with Crippen LogP contribution in [0.2, 0.25) is 0 Å². The Hall–Kier alpha value is -2.67. The van der Waals surface area contributed by atoms with Gasteiger partial charge in [-0.05, 0) is 25.5 Å². The number of para-hydroxylation sites is 1. The number of nitrogens with one attached hydrogen (secondary N) is 1. The Kier molecular flexibility index (Phi) is 5.41. The first kappa shape index (κ1) is 19.6. The van der Waals surface area contributed by atoms with Gasteiger partial charge in [0, 0.05) is 42.0 Å². The number of hydrogen-bond acceptors (Lipinski definition) is 5. The molecule has 0 aromatic heterocycles. The second-order valence-electron chi connectivity index (χ2n) is 7.88. The van der Waals surface area contributed by atoms with Crippen LogP contribution in [0.5, 0.6) is 0 Å². The molecule has 0 bridgehead atoms. The summed E-state index contributed by atoms with van der Waals surface area (Å²) >= 11 is 0. The van der Waals surface area contributed by atoms with E-state index in [1.54, 1.807) is 13.8 Å². The van der Waals surface area contributed by atoms with Crippen molar-refractivity contribution in [3.63, 3.8) is 0 Å². The summed E-state index contributed by atoms with van der Waals surface area (Å²) in [5, 5.41) is 22.4. The lowest BCUT2D eigenvalue weighted by atomic mass is 9.99. The molecule has 2 unspecified atom stereocenters. The van der Waals surface area contributed by atoms with Crippen molar-refractivity contribution in [3.8, 4) is 0 Å². The average Bonchev–Trinajstić information content (AvgIpc) is 3.19. The van der Waals surface area contributed by atoms with E-state index in [-0.39, 0.29) is 5.91 Å². The Labute approximate surface area is 170 Å². The monoisotopic (exact) mass is 394 g/mol. The van der Waals surface area contributed by atoms with Crippen LogP contribution in [-0.4, -0.2) is 46.3 Å². The number of anilines is 1. The molecule has 0 fully saturated rings. The van der Waals surface area contributed by atoms with Gasteiger partial charge in [-0.15, -0.1) is 0 Å². The zero-order valence-electron chi connectivity index (χ0n) is 16.7. The molecule has 29 heavy (non-hydrogen) atoms. The van der Waals surface area contributed by atoms with Crippen molar-refractivity contribution in [2.45, 2.75) is 39.2 Å². The van der Waals surface area contributed by atoms with Gasteiger partial charge in [0.05, 0.1) is 17.8 Å². The predicted molar refractivity (Wildman–Crippen MR) is 112 cm³/mol. The molecule has 6 nitrogen and oxygen atoms in total. The fraction of sp³-hybridized carbons (Fsp3) is 0.348. The van der Waals surface area contributed by atoms with E-state index in [0.29, 0.717) is 37.6 Å². The molecule has 2 aliphatic heterocycles. The second-order valence-corrected chi connectivity index (χ2v) is 7.88. The summed E-state index contributed by atoms with van der Waals surface area (Å²) in [6.07, 6.45) is -0.937. The number of aliphatic hydroxyl groups is 2. The van der Waals surface area contributed by atoms with Crippen LogP contribution in [0, 0.1) is 0 Å². The normalized spacial score (nSPS) is 19.6. The first-order chi connectivity index (χ1) is 13.9. The van der Waals surface area contributed by atoms with E-state index in [1.165, 1.54) is 0 Å². The molecule has 0 spiro atoms. The van der Waals surface area contributed by atoms with E-state index in [4.69, 9.17) is 4.74 Å². The summed E-state index contributed by atoms with van der Waals surface area (Å²) in [5.41, 5.74) is 5.31. The minimum absolute atomic E-state index is 0.141. The lowest BCUT2D eigenvalue weighted by Gasteiger charge is -2.25. The lowest BCUT2D eigenvalue weighted by molar-refractivity contribution is -0.110. The Morgan fingerprint density at radius 2 is 1.79 bits per heavy atom. The number of benzene rings is 2. The largest absolute Gasteiger partial charge is 0.487 e. The Morgan fingerprint density at radius 3 is 2.52 bits per heavy atom. The quantitative estimate of drug-likeness (QED) is 0.656. The van der Waals surface area contributed by atoms with E-state index in [2.05, 4.69) is 11.4 Å². The van der Waals surface area contributed by atoms with Crippen LogP contribution >= 0.6 is 0 Å². The number of hydrogen-bond donors (Lipinski definition) is 3. The van der Waals surface area contributed by atoms with Crippen molar-refractivity contribution < 1.29 is 19.7 Å². The third-order valence-corrected chi connectivity index (χ3v) is 5.14. The van der Waals surface area contributed by atoms with Crippen LogP contribution < -0.4 is 5.32 Å². The van der Waals surface area contributed by atoms with Gasteiger partial charge in [-0.2, -0.15) is 0 Å². The second kappa shape index (κ2) is 7.99. The number of nitrogens with zero attached hydrogens (tertiary/aromatic N) is 1. The summed E-state index contributed by atoms with van der Waals surface area (Å²) in [4.78, 5) is 14.6. The maximum absolute atomic E-state index is 12.5. The van der Waals surface area contributed by atoms with Crippen molar-refractivity contribution >= 4 is 22.9 Å². The molecular weight excluding hydrogens is 368 g/mol. The van der Waals surface area contributed by atoms with Crippen LogP contribution in [0.3, 0.4) is 0 Å². The number of ether oxygens (including phenoxy) is 1. The summed E-state index contributed by atoms with van der Waals surface area (Å²) in [6.45, 7) is 5.51. The molecular formula is C23H26N2O4. The topological polar surface area (TPSA) is 82.0 Å². The van der Waals surface area contributed by atoms with Crippen LogP contribution in [0.4, 0.5) is 5.69 Å². The molecule has 6 heteroatoms.